The van der Waals surface area contributed by atoms with Crippen LogP contribution in [0, 0.1) is 0 Å². The Balaban J connectivity index is 1.55. The van der Waals surface area contributed by atoms with Gasteiger partial charge in [0.1, 0.15) is 6.10 Å². The Labute approximate surface area is 128 Å². The predicted molar refractivity (Wildman–Crippen MR) is 84.1 cm³/mol. The summed E-state index contributed by atoms with van der Waals surface area (Å²) >= 11 is 0. The maximum Gasteiger partial charge on any atom is 0.249 e. The van der Waals surface area contributed by atoms with Crippen molar-refractivity contribution in [3.8, 4) is 0 Å². The zero-order chi connectivity index (χ0) is 15.1. The van der Waals surface area contributed by atoms with Crippen molar-refractivity contribution >= 4 is 5.91 Å². The molecule has 3 N–H and O–H groups in total. The van der Waals surface area contributed by atoms with E-state index in [1.807, 2.05) is 0 Å². The first-order chi connectivity index (χ1) is 10.2. The topological polar surface area (TPSA) is 67.6 Å². The standard InChI is InChI=1S/C16H31N3O2/c1-19(13-6-3-2-4-7-13)11-5-10-18-16(20)15-9-8-14(12-17)21-15/h13-15H,2-12,17H2,1H3,(H,18,20). The largest absolute Gasteiger partial charge is 0.364 e. The summed E-state index contributed by atoms with van der Waals surface area (Å²) in [4.78, 5) is 14.4. The van der Waals surface area contributed by atoms with Crippen molar-refractivity contribution in [2.24, 2.45) is 5.73 Å². The smallest absolute Gasteiger partial charge is 0.249 e. The first-order valence-corrected chi connectivity index (χ1v) is 8.54. The molecule has 1 aliphatic heterocycles. The van der Waals surface area contributed by atoms with E-state index in [2.05, 4.69) is 17.3 Å². The van der Waals surface area contributed by atoms with Crippen molar-refractivity contribution in [2.75, 3.05) is 26.7 Å². The van der Waals surface area contributed by atoms with Crippen LogP contribution in [0.1, 0.15) is 51.4 Å². The first kappa shape index (κ1) is 16.7. The lowest BCUT2D eigenvalue weighted by Crippen LogP contribution is -2.38. The Morgan fingerprint density at radius 3 is 2.67 bits per heavy atom. The highest BCUT2D eigenvalue weighted by Crippen LogP contribution is 2.21. The maximum atomic E-state index is 12.0. The van der Waals surface area contributed by atoms with E-state index >= 15 is 0 Å². The number of carbonyl (C=O) groups excluding carboxylic acids is 1. The Bertz CT molecular complexity index is 319. The van der Waals surface area contributed by atoms with Crippen LogP contribution in [0.4, 0.5) is 0 Å². The molecule has 122 valence electrons. The summed E-state index contributed by atoms with van der Waals surface area (Å²) in [5, 5.41) is 3.00. The van der Waals surface area contributed by atoms with E-state index in [4.69, 9.17) is 10.5 Å². The molecule has 21 heavy (non-hydrogen) atoms. The van der Waals surface area contributed by atoms with Crippen LogP contribution in [-0.2, 0) is 9.53 Å². The van der Waals surface area contributed by atoms with Gasteiger partial charge in [-0.1, -0.05) is 19.3 Å². The quantitative estimate of drug-likeness (QED) is 0.694. The molecule has 0 aromatic carbocycles. The number of hydrogen-bond acceptors (Lipinski definition) is 4. The van der Waals surface area contributed by atoms with Crippen LogP contribution < -0.4 is 11.1 Å². The lowest BCUT2D eigenvalue weighted by Gasteiger charge is -2.31. The summed E-state index contributed by atoms with van der Waals surface area (Å²) in [5.41, 5.74) is 5.56. The van der Waals surface area contributed by atoms with Crippen LogP contribution in [0.25, 0.3) is 0 Å². The van der Waals surface area contributed by atoms with E-state index in [0.29, 0.717) is 6.54 Å². The minimum absolute atomic E-state index is 0.0336. The lowest BCUT2D eigenvalue weighted by atomic mass is 9.94. The molecule has 1 amide bonds. The van der Waals surface area contributed by atoms with E-state index in [1.165, 1.54) is 32.1 Å². The molecule has 5 nitrogen and oxygen atoms in total. The van der Waals surface area contributed by atoms with Crippen molar-refractivity contribution in [1.82, 2.24) is 10.2 Å². The van der Waals surface area contributed by atoms with Crippen molar-refractivity contribution in [3.63, 3.8) is 0 Å². The fraction of sp³-hybridized carbons (Fsp3) is 0.938. The molecule has 0 aromatic heterocycles. The van der Waals surface area contributed by atoms with Gasteiger partial charge >= 0.3 is 0 Å². The van der Waals surface area contributed by atoms with Crippen LogP contribution in [0.2, 0.25) is 0 Å². The number of hydrogen-bond donors (Lipinski definition) is 2. The van der Waals surface area contributed by atoms with Crippen LogP contribution in [-0.4, -0.2) is 55.7 Å². The summed E-state index contributed by atoms with van der Waals surface area (Å²) in [5.74, 6) is 0.0336. The molecule has 2 aliphatic rings. The monoisotopic (exact) mass is 297 g/mol. The molecule has 2 atom stereocenters. The molecule has 1 heterocycles. The summed E-state index contributed by atoms with van der Waals surface area (Å²) in [7, 11) is 2.21. The highest BCUT2D eigenvalue weighted by Gasteiger charge is 2.29. The third-order valence-electron chi connectivity index (χ3n) is 4.85. The van der Waals surface area contributed by atoms with Crippen LogP contribution >= 0.6 is 0 Å². The van der Waals surface area contributed by atoms with Crippen molar-refractivity contribution in [3.05, 3.63) is 0 Å². The summed E-state index contributed by atoms with van der Waals surface area (Å²) in [6, 6.07) is 0.748. The van der Waals surface area contributed by atoms with Crippen molar-refractivity contribution in [2.45, 2.75) is 69.6 Å². The van der Waals surface area contributed by atoms with Gasteiger partial charge in [-0.05, 0) is 45.7 Å². The van der Waals surface area contributed by atoms with Gasteiger partial charge in [0.15, 0.2) is 0 Å². The average molecular weight is 297 g/mol. The van der Waals surface area contributed by atoms with Crippen molar-refractivity contribution in [1.29, 1.82) is 0 Å². The highest BCUT2D eigenvalue weighted by molar-refractivity contribution is 5.80. The number of ether oxygens (including phenoxy) is 1. The molecule has 2 fully saturated rings. The minimum Gasteiger partial charge on any atom is -0.364 e. The molecule has 1 saturated carbocycles. The molecular weight excluding hydrogens is 266 g/mol. The second kappa shape index (κ2) is 8.71. The van der Waals surface area contributed by atoms with Crippen molar-refractivity contribution < 1.29 is 9.53 Å². The molecule has 0 bridgehead atoms. The van der Waals surface area contributed by atoms with Crippen LogP contribution in [0.15, 0.2) is 0 Å². The normalized spacial score (nSPS) is 27.2. The van der Waals surface area contributed by atoms with Gasteiger partial charge in [-0.25, -0.2) is 0 Å². The molecule has 0 aromatic rings. The zero-order valence-corrected chi connectivity index (χ0v) is 13.4. The molecule has 0 radical (unpaired) electrons. The highest BCUT2D eigenvalue weighted by atomic mass is 16.5. The molecule has 0 spiro atoms. The number of rotatable bonds is 7. The van der Waals surface area contributed by atoms with Crippen LogP contribution in [0.5, 0.6) is 0 Å². The number of nitrogens with one attached hydrogen (secondary N) is 1. The SMILES string of the molecule is CN(CCCNC(=O)C1CCC(CN)O1)C1CCCCC1. The molecule has 2 rings (SSSR count). The van der Waals surface area contributed by atoms with E-state index in [-0.39, 0.29) is 18.1 Å². The van der Waals surface area contributed by atoms with Gasteiger partial charge in [-0.15, -0.1) is 0 Å². The van der Waals surface area contributed by atoms with Gasteiger partial charge in [0, 0.05) is 19.1 Å². The summed E-state index contributed by atoms with van der Waals surface area (Å²) < 4.78 is 5.60. The fourth-order valence-corrected chi connectivity index (χ4v) is 3.43. The van der Waals surface area contributed by atoms with Gasteiger partial charge < -0.3 is 20.7 Å². The number of carbonyl (C=O) groups is 1. The maximum absolute atomic E-state index is 12.0. The van der Waals surface area contributed by atoms with E-state index in [0.717, 1.165) is 38.4 Å². The predicted octanol–water partition coefficient (Wildman–Crippen LogP) is 1.26. The van der Waals surface area contributed by atoms with Gasteiger partial charge in [-0.2, -0.15) is 0 Å². The van der Waals surface area contributed by atoms with Gasteiger partial charge in [0.2, 0.25) is 5.91 Å². The van der Waals surface area contributed by atoms with Crippen LogP contribution in [0.3, 0.4) is 0 Å². The second-order valence-electron chi connectivity index (χ2n) is 6.48. The lowest BCUT2D eigenvalue weighted by molar-refractivity contribution is -0.131. The Kier molecular flexibility index (Phi) is 6.93. The molecular formula is C16H31N3O2. The third kappa shape index (κ3) is 5.24. The zero-order valence-electron chi connectivity index (χ0n) is 13.4. The fourth-order valence-electron chi connectivity index (χ4n) is 3.43. The molecule has 1 aliphatic carbocycles. The molecule has 5 heteroatoms. The Hall–Kier alpha value is -0.650. The number of nitrogens with two attached hydrogens (primary N) is 1. The summed E-state index contributed by atoms with van der Waals surface area (Å²) in [6.07, 6.45) is 9.29. The molecule has 1 saturated heterocycles. The number of amides is 1. The Morgan fingerprint density at radius 2 is 2.00 bits per heavy atom. The summed E-state index contributed by atoms with van der Waals surface area (Å²) in [6.45, 7) is 2.31. The average Bonchev–Trinajstić information content (AvgIpc) is 3.01. The van der Waals surface area contributed by atoms with Gasteiger partial charge in [0.05, 0.1) is 6.10 Å². The number of nitrogens with zero attached hydrogens (tertiary/aromatic N) is 1. The van der Waals surface area contributed by atoms with E-state index in [9.17, 15) is 4.79 Å². The first-order valence-electron chi connectivity index (χ1n) is 8.54. The molecule has 2 unspecified atom stereocenters. The van der Waals surface area contributed by atoms with E-state index in [1.54, 1.807) is 0 Å². The van der Waals surface area contributed by atoms with Gasteiger partial charge in [0.25, 0.3) is 0 Å². The minimum atomic E-state index is -0.283. The van der Waals surface area contributed by atoms with E-state index < -0.39 is 0 Å². The third-order valence-corrected chi connectivity index (χ3v) is 4.85. The second-order valence-corrected chi connectivity index (χ2v) is 6.48. The Morgan fingerprint density at radius 1 is 1.24 bits per heavy atom. The van der Waals surface area contributed by atoms with Gasteiger partial charge in [-0.3, -0.25) is 4.79 Å².